The van der Waals surface area contributed by atoms with Gasteiger partial charge in [0, 0.05) is 20.1 Å². The Labute approximate surface area is 269 Å². The van der Waals surface area contributed by atoms with Crippen LogP contribution in [0.25, 0.3) is 11.1 Å². The molecule has 0 N–H and O–H groups in total. The number of nitrogens with zero attached hydrogens (tertiary/aromatic N) is 3. The molecule has 0 aliphatic rings. The van der Waals surface area contributed by atoms with Crippen LogP contribution in [0.2, 0.25) is 0 Å². The van der Waals surface area contributed by atoms with Gasteiger partial charge in [0.15, 0.2) is 12.3 Å². The summed E-state index contributed by atoms with van der Waals surface area (Å²) in [4.78, 5) is 39.5. The number of rotatable bonds is 10. The van der Waals surface area contributed by atoms with Crippen LogP contribution in [-0.2, 0) is 17.9 Å². The van der Waals surface area contributed by atoms with E-state index in [4.69, 9.17) is 14.0 Å². The van der Waals surface area contributed by atoms with E-state index in [2.05, 4.69) is 17.1 Å². The molecule has 0 unspecified atom stereocenters. The molecule has 4 aromatic rings. The van der Waals surface area contributed by atoms with Gasteiger partial charge >= 0.3 is 57.1 Å². The largest absolute Gasteiger partial charge is 1.00 e. The van der Waals surface area contributed by atoms with Crippen LogP contribution in [0, 0.1) is 13.8 Å². The van der Waals surface area contributed by atoms with Gasteiger partial charge in [-0.1, -0.05) is 30.3 Å². The molecule has 10 heteroatoms. The Morgan fingerprint density at radius 3 is 2.26 bits per heavy atom. The smallest absolute Gasteiger partial charge is 0.489 e. The zero-order valence-electron chi connectivity index (χ0n) is 22.9. The molecule has 0 radical (unpaired) electrons. The summed E-state index contributed by atoms with van der Waals surface area (Å²) in [5, 5.41) is 0. The quantitative estimate of drug-likeness (QED) is 0.263. The first-order valence-electron chi connectivity index (χ1n) is 12.3. The number of aryl methyl sites for hydroxylation is 2. The maximum Gasteiger partial charge on any atom is 1.00 e. The number of likely N-dealkylation sites (N-methyl/N-ethyl adjacent to an activating group) is 1. The number of benzene rings is 3. The molecule has 0 fully saturated rings. The van der Waals surface area contributed by atoms with Crippen molar-refractivity contribution in [3.05, 3.63) is 104 Å². The molecule has 4 rings (SSSR count). The first kappa shape index (κ1) is 30.6. The van der Waals surface area contributed by atoms with E-state index in [1.54, 1.807) is 36.2 Å². The third kappa shape index (κ3) is 8.06. The molecule has 39 heavy (non-hydrogen) atoms. The van der Waals surface area contributed by atoms with E-state index in [9.17, 15) is 14.4 Å². The Kier molecular flexibility index (Phi) is 11.0. The number of carbonyl (C=O) groups is 1. The third-order valence-electron chi connectivity index (χ3n) is 6.23. The van der Waals surface area contributed by atoms with E-state index >= 15 is 0 Å². The van der Waals surface area contributed by atoms with Crippen molar-refractivity contribution >= 4 is 5.91 Å². The van der Waals surface area contributed by atoms with Gasteiger partial charge in [-0.25, -0.2) is 4.79 Å². The first-order valence-corrected chi connectivity index (χ1v) is 12.3. The Bertz CT molecular complexity index is 1510. The summed E-state index contributed by atoms with van der Waals surface area (Å²) >= 11 is 0. The minimum atomic E-state index is -0.904. The van der Waals surface area contributed by atoms with Crippen LogP contribution >= 0.6 is 0 Å². The van der Waals surface area contributed by atoms with Crippen molar-refractivity contribution in [3.8, 4) is 22.6 Å². The summed E-state index contributed by atoms with van der Waals surface area (Å²) in [7, 11) is 1.76. The van der Waals surface area contributed by atoms with Crippen LogP contribution in [0.4, 0.5) is 0 Å². The normalized spacial score (nSPS) is 10.6. The Morgan fingerprint density at radius 2 is 1.64 bits per heavy atom. The summed E-state index contributed by atoms with van der Waals surface area (Å²) in [5.74, 6) is 0.382. The van der Waals surface area contributed by atoms with E-state index < -0.39 is 11.4 Å². The van der Waals surface area contributed by atoms with Crippen molar-refractivity contribution in [2.24, 2.45) is 0 Å². The Morgan fingerprint density at radius 1 is 0.949 bits per heavy atom. The van der Waals surface area contributed by atoms with Gasteiger partial charge in [-0.3, -0.25) is 14.3 Å². The standard InChI is InChI=1S/C29H31N3O6.K/c1-5-31(4)26(33)18-37-25-13-19(2)27(20(3)14-25)23-8-6-7-22(15-23)17-36-24-11-9-21(10-12-24)16-32-28(34)30-29(35)38-32;/h6-15H,5,16-18H2,1-4H3,(H,30,34,35);/q;+1/p-1. The molecule has 0 bridgehead atoms. The van der Waals surface area contributed by atoms with E-state index in [1.807, 2.05) is 45.0 Å². The average Bonchev–Trinajstić information content (AvgIpc) is 3.22. The molecule has 3 aromatic carbocycles. The fourth-order valence-corrected chi connectivity index (χ4v) is 4.12. The minimum Gasteiger partial charge on any atom is -0.489 e. The number of carbonyl (C=O) groups excluding carboxylic acids is 1. The van der Waals surface area contributed by atoms with Crippen LogP contribution in [0.5, 0.6) is 11.5 Å². The van der Waals surface area contributed by atoms with Crippen molar-refractivity contribution in [3.63, 3.8) is 0 Å². The molecule has 1 aromatic heterocycles. The predicted octanol–water partition coefficient (Wildman–Crippen LogP) is 0.531. The zero-order chi connectivity index (χ0) is 27.2. The molecular weight excluding hydrogens is 525 g/mol. The van der Waals surface area contributed by atoms with Crippen LogP contribution in [-0.4, -0.2) is 35.7 Å². The second-order valence-electron chi connectivity index (χ2n) is 9.05. The number of amides is 1. The summed E-state index contributed by atoms with van der Waals surface area (Å²) in [6.07, 6.45) is 0. The molecule has 1 amide bonds. The molecule has 0 spiro atoms. The molecule has 0 atom stereocenters. The second kappa shape index (κ2) is 13.9. The van der Waals surface area contributed by atoms with Crippen molar-refractivity contribution in [1.82, 2.24) is 14.6 Å². The second-order valence-corrected chi connectivity index (χ2v) is 9.05. The van der Waals surface area contributed by atoms with Crippen LogP contribution < -0.4 is 77.3 Å². The number of hydrogen-bond acceptors (Lipinski definition) is 6. The summed E-state index contributed by atoms with van der Waals surface area (Å²) in [6, 6.07) is 19.3. The fraction of sp³-hybridized carbons (Fsp3) is 0.276. The summed E-state index contributed by atoms with van der Waals surface area (Å²) < 4.78 is 17.4. The van der Waals surface area contributed by atoms with Gasteiger partial charge in [0.2, 0.25) is 0 Å². The SMILES string of the molecule is CCN(C)C(=O)COc1cc(C)c(-c2cccc(COc3ccc(Cn4oc(=O)[n-]c4=O)cc3)c2)c(C)c1.[K+]. The van der Waals surface area contributed by atoms with Crippen molar-refractivity contribution < 1.29 is 70.2 Å². The predicted molar refractivity (Wildman–Crippen MR) is 143 cm³/mol. The van der Waals surface area contributed by atoms with Crippen molar-refractivity contribution in [1.29, 1.82) is 0 Å². The summed E-state index contributed by atoms with van der Waals surface area (Å²) in [6.45, 7) is 7.13. The van der Waals surface area contributed by atoms with E-state index in [0.29, 0.717) is 24.7 Å². The maximum absolute atomic E-state index is 12.1. The number of hydrogen-bond donors (Lipinski definition) is 0. The van der Waals surface area contributed by atoms with Gasteiger partial charge in [0.1, 0.15) is 18.1 Å². The topological polar surface area (TPSA) is 105 Å². The maximum atomic E-state index is 12.1. The van der Waals surface area contributed by atoms with Crippen molar-refractivity contribution in [2.45, 2.75) is 33.9 Å². The van der Waals surface area contributed by atoms with E-state index in [0.717, 1.165) is 38.1 Å². The van der Waals surface area contributed by atoms with Gasteiger partial charge in [0.05, 0.1) is 0 Å². The number of ether oxygens (including phenoxy) is 2. The molecule has 0 aliphatic heterocycles. The molecular formula is C29H30KN3O6. The van der Waals surface area contributed by atoms with Crippen molar-refractivity contribution in [2.75, 3.05) is 20.2 Å². The Balaban J connectivity index is 0.00000420. The molecule has 0 saturated carbocycles. The molecule has 9 nitrogen and oxygen atoms in total. The molecule has 0 saturated heterocycles. The fourth-order valence-electron chi connectivity index (χ4n) is 4.12. The average molecular weight is 556 g/mol. The first-order chi connectivity index (χ1) is 18.2. The number of aromatic nitrogens is 2. The monoisotopic (exact) mass is 555 g/mol. The summed E-state index contributed by atoms with van der Waals surface area (Å²) in [5.41, 5.74) is 5.37. The van der Waals surface area contributed by atoms with Gasteiger partial charge in [-0.2, -0.15) is 0 Å². The van der Waals surface area contributed by atoms with Crippen LogP contribution in [0.15, 0.2) is 74.8 Å². The van der Waals surface area contributed by atoms with Gasteiger partial charge < -0.3 is 23.9 Å². The molecule has 1 heterocycles. The molecule has 198 valence electrons. The van der Waals surface area contributed by atoms with Gasteiger partial charge in [-0.05, 0) is 84.5 Å². The van der Waals surface area contributed by atoms with Gasteiger partial charge in [0.25, 0.3) is 5.91 Å². The minimum absolute atomic E-state index is 0. The van der Waals surface area contributed by atoms with Crippen LogP contribution in [0.3, 0.4) is 0 Å². The van der Waals surface area contributed by atoms with E-state index in [1.165, 1.54) is 0 Å². The van der Waals surface area contributed by atoms with Crippen LogP contribution in [0.1, 0.15) is 29.2 Å². The van der Waals surface area contributed by atoms with Gasteiger partial charge in [-0.15, -0.1) is 0 Å². The van der Waals surface area contributed by atoms with E-state index in [-0.39, 0.29) is 70.4 Å². The Hall–Kier alpha value is -2.89. The zero-order valence-corrected chi connectivity index (χ0v) is 26.0. The third-order valence-corrected chi connectivity index (χ3v) is 6.23. The molecule has 0 aliphatic carbocycles.